The molecule has 0 aliphatic rings. The molecule has 5 heteroatoms. The van der Waals surface area contributed by atoms with E-state index in [0.29, 0.717) is 0 Å². The Bertz CT molecular complexity index is 65.5. The van der Waals surface area contributed by atoms with Crippen molar-refractivity contribution in [2.24, 2.45) is 11.5 Å². The van der Waals surface area contributed by atoms with Gasteiger partial charge in [0.1, 0.15) is 0 Å². The lowest BCUT2D eigenvalue weighted by molar-refractivity contribution is 0.245. The molecule has 0 rings (SSSR count). The fraction of sp³-hybridized carbons (Fsp3) is 1.00. The van der Waals surface area contributed by atoms with Gasteiger partial charge in [0.25, 0.3) is 0 Å². The lowest BCUT2D eigenvalue weighted by Gasteiger charge is -2.14. The minimum Gasteiger partial charge on any atom is -0.333 e. The Morgan fingerprint density at radius 3 is 0.733 bits per heavy atom. The third kappa shape index (κ3) is 133. The van der Waals surface area contributed by atoms with E-state index in [1.807, 2.05) is 26.0 Å². The van der Waals surface area contributed by atoms with Gasteiger partial charge in [-0.3, -0.25) is 9.80 Å². The van der Waals surface area contributed by atoms with Crippen LogP contribution in [0.1, 0.15) is 0 Å². The molecule has 0 aliphatic carbocycles. The number of hydrogen-bond donors (Lipinski definition) is 2. The summed E-state index contributed by atoms with van der Waals surface area (Å²) in [6, 6.07) is 0. The summed E-state index contributed by atoms with van der Waals surface area (Å²) in [5, 5.41) is 0. The van der Waals surface area contributed by atoms with Crippen molar-refractivity contribution >= 4 is 0 Å². The predicted octanol–water partition coefficient (Wildman–Crippen LogP) is -0.605. The van der Waals surface area contributed by atoms with E-state index < -0.39 is 0 Å². The van der Waals surface area contributed by atoms with Gasteiger partial charge >= 0.3 is 0 Å². The summed E-state index contributed by atoms with van der Waals surface area (Å²) < 4.78 is 0. The monoisotopic (exact) mass is 223 g/mol. The van der Waals surface area contributed by atoms with Crippen molar-refractivity contribution in [2.45, 2.75) is 0 Å². The van der Waals surface area contributed by atoms with Crippen LogP contribution in [0.25, 0.3) is 0 Å². The topological polar surface area (TPSA) is 61.8 Å². The van der Waals surface area contributed by atoms with Crippen molar-refractivity contribution in [3.05, 3.63) is 0 Å². The first-order valence-electron chi connectivity index (χ1n) is 4.92. The van der Waals surface area contributed by atoms with Crippen molar-refractivity contribution in [3.63, 3.8) is 0 Å². The Labute approximate surface area is 97.0 Å². The van der Waals surface area contributed by atoms with Gasteiger partial charge in [-0.15, -0.1) is 0 Å². The third-order valence-corrected chi connectivity index (χ3v) is 0.566. The van der Waals surface area contributed by atoms with Crippen molar-refractivity contribution in [1.82, 2.24) is 14.7 Å². The highest BCUT2D eigenvalue weighted by molar-refractivity contribution is 4.35. The first-order chi connectivity index (χ1) is 6.86. The van der Waals surface area contributed by atoms with Gasteiger partial charge in [0.2, 0.25) is 0 Å². The zero-order valence-corrected chi connectivity index (χ0v) is 12.2. The first kappa shape index (κ1) is 24.2. The molecule has 0 saturated heterocycles. The van der Waals surface area contributed by atoms with Crippen LogP contribution in [0, 0.1) is 0 Å². The van der Waals surface area contributed by atoms with Gasteiger partial charge in [-0.25, -0.2) is 0 Å². The Kier molecular flexibility index (Phi) is 37.9. The zero-order valence-electron chi connectivity index (χ0n) is 12.2. The average molecular weight is 223 g/mol. The summed E-state index contributed by atoms with van der Waals surface area (Å²) in [5.74, 6) is 0. The second-order valence-electron chi connectivity index (χ2n) is 3.64. The van der Waals surface area contributed by atoms with E-state index in [4.69, 9.17) is 0 Å². The summed E-state index contributed by atoms with van der Waals surface area (Å²) in [7, 11) is 17.2. The predicted molar refractivity (Wildman–Crippen MR) is 72.1 cm³/mol. The van der Waals surface area contributed by atoms with E-state index >= 15 is 0 Å². The van der Waals surface area contributed by atoms with Crippen molar-refractivity contribution in [2.75, 3.05) is 70.1 Å². The van der Waals surface area contributed by atoms with Gasteiger partial charge in [0.05, 0.1) is 0 Å². The Hall–Kier alpha value is -0.200. The van der Waals surface area contributed by atoms with Crippen molar-refractivity contribution < 1.29 is 0 Å². The highest BCUT2D eigenvalue weighted by atomic mass is 15.2. The molecule has 0 saturated carbocycles. The molecule has 0 atom stereocenters. The molecule has 0 aromatic rings. The van der Waals surface area contributed by atoms with Gasteiger partial charge in [0.15, 0.2) is 0 Å². The van der Waals surface area contributed by atoms with Crippen LogP contribution < -0.4 is 11.5 Å². The average Bonchev–Trinajstić information content (AvgIpc) is 2.08. The quantitative estimate of drug-likeness (QED) is 0.612. The second kappa shape index (κ2) is 23.5. The summed E-state index contributed by atoms with van der Waals surface area (Å²) in [4.78, 5) is 6.25. The molecule has 0 fully saturated rings. The van der Waals surface area contributed by atoms with E-state index in [0.717, 1.165) is 6.67 Å². The molecule has 0 spiro atoms. The van der Waals surface area contributed by atoms with Gasteiger partial charge < -0.3 is 16.4 Å². The summed E-state index contributed by atoms with van der Waals surface area (Å²) in [6.07, 6.45) is 0. The van der Waals surface area contributed by atoms with E-state index in [2.05, 4.69) is 49.5 Å². The van der Waals surface area contributed by atoms with E-state index in [9.17, 15) is 0 Å². The maximum absolute atomic E-state index is 4.50. The summed E-state index contributed by atoms with van der Waals surface area (Å²) in [6.45, 7) is 1.03. The van der Waals surface area contributed by atoms with Crippen LogP contribution in [0.3, 0.4) is 0 Å². The normalized spacial score (nSPS) is 8.40. The van der Waals surface area contributed by atoms with Crippen molar-refractivity contribution in [3.8, 4) is 0 Å². The van der Waals surface area contributed by atoms with Crippen LogP contribution in [-0.4, -0.2) is 84.8 Å². The number of nitrogens with two attached hydrogens (primary N) is 2. The molecule has 0 radical (unpaired) electrons. The van der Waals surface area contributed by atoms with Gasteiger partial charge in [0, 0.05) is 6.67 Å². The number of nitrogens with zero attached hydrogens (tertiary/aromatic N) is 3. The van der Waals surface area contributed by atoms with E-state index in [-0.39, 0.29) is 0 Å². The molecule has 5 nitrogen and oxygen atoms in total. The molecule has 4 N–H and O–H groups in total. The number of rotatable bonds is 2. The Morgan fingerprint density at radius 2 is 0.733 bits per heavy atom. The van der Waals surface area contributed by atoms with E-state index in [1.165, 1.54) is 14.1 Å². The van der Waals surface area contributed by atoms with Crippen LogP contribution in [0.4, 0.5) is 0 Å². The zero-order chi connectivity index (χ0) is 13.4. The summed E-state index contributed by atoms with van der Waals surface area (Å²) in [5.41, 5.74) is 9.00. The molecule has 0 heterocycles. The Morgan fingerprint density at radius 1 is 0.600 bits per heavy atom. The molecular weight excluding hydrogens is 190 g/mol. The minimum atomic E-state index is 1.03. The third-order valence-electron chi connectivity index (χ3n) is 0.566. The maximum Gasteiger partial charge on any atom is 0.0495 e. The van der Waals surface area contributed by atoms with Crippen LogP contribution in [-0.2, 0) is 0 Å². The first-order valence-corrected chi connectivity index (χ1v) is 4.92. The Balaban J connectivity index is -0.0000000647. The number of hydrogen-bond acceptors (Lipinski definition) is 5. The van der Waals surface area contributed by atoms with Crippen LogP contribution in [0.5, 0.6) is 0 Å². The largest absolute Gasteiger partial charge is 0.333 e. The van der Waals surface area contributed by atoms with Crippen LogP contribution >= 0.6 is 0 Å². The standard InChI is InChI=1S/C5H14N2.C3H9N.2CH5N/c1-6(2)5-7(3)4;1-4(2)3;2*1-2/h5H2,1-4H3;1-3H3;2*2H2,1H3. The van der Waals surface area contributed by atoms with Gasteiger partial charge in [-0.1, -0.05) is 0 Å². The molecule has 0 bridgehead atoms. The SMILES string of the molecule is CN.CN.CN(C)C.CN(C)CN(C)C. The maximum atomic E-state index is 4.50. The van der Waals surface area contributed by atoms with Crippen LogP contribution in [0.15, 0.2) is 0 Å². The van der Waals surface area contributed by atoms with Crippen molar-refractivity contribution in [1.29, 1.82) is 0 Å². The van der Waals surface area contributed by atoms with E-state index in [1.54, 1.807) is 0 Å². The molecule has 0 aromatic heterocycles. The molecular formula is C10H33N5. The van der Waals surface area contributed by atoms with Gasteiger partial charge in [-0.05, 0) is 63.4 Å². The highest BCUT2D eigenvalue weighted by Gasteiger charge is 1.87. The fourth-order valence-electron chi connectivity index (χ4n) is 0.566. The molecule has 0 aromatic carbocycles. The molecule has 0 unspecified atom stereocenters. The second-order valence-corrected chi connectivity index (χ2v) is 3.64. The molecule has 98 valence electrons. The van der Waals surface area contributed by atoms with Gasteiger partial charge in [-0.2, -0.15) is 0 Å². The fourth-order valence-corrected chi connectivity index (χ4v) is 0.566. The lowest BCUT2D eigenvalue weighted by Crippen LogP contribution is -2.26. The lowest BCUT2D eigenvalue weighted by atomic mass is 10.8. The molecule has 0 amide bonds. The molecule has 0 aliphatic heterocycles. The smallest absolute Gasteiger partial charge is 0.0495 e. The minimum absolute atomic E-state index is 1.03. The highest BCUT2D eigenvalue weighted by Crippen LogP contribution is 1.74. The van der Waals surface area contributed by atoms with Crippen LogP contribution in [0.2, 0.25) is 0 Å². The summed E-state index contributed by atoms with van der Waals surface area (Å²) >= 11 is 0. The molecule has 15 heavy (non-hydrogen) atoms.